The number of halogens is 3. The molecule has 0 aliphatic rings. The first-order valence-corrected chi connectivity index (χ1v) is 5.48. The van der Waals surface area contributed by atoms with Crippen molar-refractivity contribution in [3.8, 4) is 0 Å². The Morgan fingerprint density at radius 2 is 2.05 bits per heavy atom. The molecular weight excluding hydrogens is 263 g/mol. The van der Waals surface area contributed by atoms with Crippen molar-refractivity contribution in [1.82, 2.24) is 4.90 Å². The molecule has 0 saturated heterocycles. The molecule has 0 amide bonds. The van der Waals surface area contributed by atoms with Gasteiger partial charge in [0.25, 0.3) is 5.69 Å². The maximum absolute atomic E-state index is 12.1. The van der Waals surface area contributed by atoms with Crippen molar-refractivity contribution in [1.29, 1.82) is 0 Å². The van der Waals surface area contributed by atoms with E-state index in [4.69, 9.17) is 5.73 Å². The molecule has 1 rings (SSSR count). The van der Waals surface area contributed by atoms with E-state index in [1.54, 1.807) is 6.07 Å². The summed E-state index contributed by atoms with van der Waals surface area (Å²) in [5.41, 5.74) is 5.82. The highest BCUT2D eigenvalue weighted by atomic mass is 19.4. The van der Waals surface area contributed by atoms with Gasteiger partial charge in [0, 0.05) is 19.2 Å². The van der Waals surface area contributed by atoms with Gasteiger partial charge in [-0.15, -0.1) is 0 Å². The highest BCUT2D eigenvalue weighted by molar-refractivity contribution is 5.62. The summed E-state index contributed by atoms with van der Waals surface area (Å²) >= 11 is 0. The smallest absolute Gasteiger partial charge is 0.390 e. The third-order valence-electron chi connectivity index (χ3n) is 2.59. The maximum atomic E-state index is 12.1. The molecule has 0 unspecified atom stereocenters. The summed E-state index contributed by atoms with van der Waals surface area (Å²) in [6, 6.07) is 4.28. The van der Waals surface area contributed by atoms with Gasteiger partial charge in [-0.05, 0) is 12.6 Å². The molecular formula is C11H14F3N3O2. The van der Waals surface area contributed by atoms with Crippen LogP contribution >= 0.6 is 0 Å². The number of anilines is 1. The van der Waals surface area contributed by atoms with Crippen LogP contribution in [0.2, 0.25) is 0 Å². The lowest BCUT2D eigenvalue weighted by Gasteiger charge is -2.18. The Labute approximate surface area is 108 Å². The highest BCUT2D eigenvalue weighted by Crippen LogP contribution is 2.26. The second kappa shape index (κ2) is 5.87. The molecule has 0 fully saturated rings. The number of nitro benzene ring substituents is 1. The lowest BCUT2D eigenvalue weighted by molar-refractivity contribution is -0.384. The second-order valence-electron chi connectivity index (χ2n) is 4.21. The summed E-state index contributed by atoms with van der Waals surface area (Å²) < 4.78 is 36.2. The quantitative estimate of drug-likeness (QED) is 0.510. The second-order valence-corrected chi connectivity index (χ2v) is 4.21. The summed E-state index contributed by atoms with van der Waals surface area (Å²) in [6.45, 7) is -0.0603. The van der Waals surface area contributed by atoms with Crippen LogP contribution < -0.4 is 5.73 Å². The van der Waals surface area contributed by atoms with Gasteiger partial charge in [0.05, 0.1) is 11.3 Å². The van der Waals surface area contributed by atoms with Gasteiger partial charge in [0.1, 0.15) is 5.69 Å². The maximum Gasteiger partial charge on any atom is 0.390 e. The van der Waals surface area contributed by atoms with E-state index >= 15 is 0 Å². The van der Waals surface area contributed by atoms with Crippen LogP contribution in [-0.2, 0) is 6.54 Å². The number of nitrogens with two attached hydrogens (primary N) is 1. The lowest BCUT2D eigenvalue weighted by Crippen LogP contribution is -2.24. The summed E-state index contributed by atoms with van der Waals surface area (Å²) in [6.07, 6.45) is -5.15. The SMILES string of the molecule is CN(CCC(F)(F)F)Cc1cccc([N+](=O)[O-])c1N. The van der Waals surface area contributed by atoms with Gasteiger partial charge in [-0.2, -0.15) is 13.2 Å². The number of nitrogens with zero attached hydrogens (tertiary/aromatic N) is 2. The molecule has 0 saturated carbocycles. The van der Waals surface area contributed by atoms with Crippen LogP contribution in [0.25, 0.3) is 0 Å². The van der Waals surface area contributed by atoms with E-state index in [-0.39, 0.29) is 24.5 Å². The summed E-state index contributed by atoms with van der Waals surface area (Å²) in [5, 5.41) is 10.7. The predicted octanol–water partition coefficient (Wildman–Crippen LogP) is 2.56. The minimum Gasteiger partial charge on any atom is -0.393 e. The van der Waals surface area contributed by atoms with Crippen LogP contribution in [0.1, 0.15) is 12.0 Å². The minimum absolute atomic E-state index is 0.00800. The molecule has 106 valence electrons. The van der Waals surface area contributed by atoms with Crippen LogP contribution in [0, 0.1) is 10.1 Å². The third kappa shape index (κ3) is 4.74. The van der Waals surface area contributed by atoms with Crippen LogP contribution in [0.3, 0.4) is 0 Å². The summed E-state index contributed by atoms with van der Waals surface area (Å²) in [5.74, 6) is 0. The zero-order valence-electron chi connectivity index (χ0n) is 10.3. The van der Waals surface area contributed by atoms with E-state index in [0.29, 0.717) is 5.56 Å². The van der Waals surface area contributed by atoms with E-state index in [1.165, 1.54) is 24.1 Å². The number of para-hydroxylation sites is 1. The first-order chi connectivity index (χ1) is 8.70. The van der Waals surface area contributed by atoms with Crippen molar-refractivity contribution < 1.29 is 18.1 Å². The van der Waals surface area contributed by atoms with Gasteiger partial charge >= 0.3 is 6.18 Å². The molecule has 0 aliphatic carbocycles. The number of benzene rings is 1. The fraction of sp³-hybridized carbons (Fsp3) is 0.455. The molecule has 0 aliphatic heterocycles. The Kier molecular flexibility index (Phi) is 4.71. The van der Waals surface area contributed by atoms with Gasteiger partial charge in [-0.3, -0.25) is 10.1 Å². The monoisotopic (exact) mass is 277 g/mol. The molecule has 0 atom stereocenters. The zero-order valence-corrected chi connectivity index (χ0v) is 10.3. The van der Waals surface area contributed by atoms with Crippen molar-refractivity contribution >= 4 is 11.4 Å². The number of nitro groups is 1. The zero-order chi connectivity index (χ0) is 14.6. The Hall–Kier alpha value is -1.83. The molecule has 19 heavy (non-hydrogen) atoms. The fourth-order valence-electron chi connectivity index (χ4n) is 1.58. The molecule has 2 N–H and O–H groups in total. The van der Waals surface area contributed by atoms with Gasteiger partial charge in [0.15, 0.2) is 0 Å². The Morgan fingerprint density at radius 3 is 2.58 bits per heavy atom. The standard InChI is InChI=1S/C11H14F3N3O2/c1-16(6-5-11(12,13)14)7-8-3-2-4-9(10(8)15)17(18)19/h2-4H,5-7,15H2,1H3. The van der Waals surface area contributed by atoms with Crippen molar-refractivity contribution in [2.24, 2.45) is 0 Å². The van der Waals surface area contributed by atoms with Crippen LogP contribution in [0.15, 0.2) is 18.2 Å². The molecule has 0 bridgehead atoms. The molecule has 5 nitrogen and oxygen atoms in total. The van der Waals surface area contributed by atoms with Crippen molar-refractivity contribution in [3.63, 3.8) is 0 Å². The normalized spacial score (nSPS) is 11.8. The fourth-order valence-corrected chi connectivity index (χ4v) is 1.58. The molecule has 0 radical (unpaired) electrons. The van der Waals surface area contributed by atoms with Gasteiger partial charge < -0.3 is 10.6 Å². The topological polar surface area (TPSA) is 72.4 Å². The average Bonchev–Trinajstić information content (AvgIpc) is 2.28. The van der Waals surface area contributed by atoms with E-state index in [9.17, 15) is 23.3 Å². The Morgan fingerprint density at radius 1 is 1.42 bits per heavy atom. The molecule has 0 aromatic heterocycles. The molecule has 8 heteroatoms. The third-order valence-corrected chi connectivity index (χ3v) is 2.59. The van der Waals surface area contributed by atoms with Gasteiger partial charge in [0.2, 0.25) is 0 Å². The van der Waals surface area contributed by atoms with Crippen LogP contribution in [-0.4, -0.2) is 29.6 Å². The molecule has 0 spiro atoms. The van der Waals surface area contributed by atoms with Gasteiger partial charge in [-0.1, -0.05) is 12.1 Å². The van der Waals surface area contributed by atoms with Crippen LogP contribution in [0.4, 0.5) is 24.5 Å². The van der Waals surface area contributed by atoms with Crippen molar-refractivity contribution in [2.75, 3.05) is 19.3 Å². The number of alkyl halides is 3. The number of hydrogen-bond acceptors (Lipinski definition) is 4. The molecule has 0 heterocycles. The molecule has 1 aromatic carbocycles. The van der Waals surface area contributed by atoms with E-state index in [2.05, 4.69) is 0 Å². The lowest BCUT2D eigenvalue weighted by atomic mass is 10.1. The first kappa shape index (κ1) is 15.2. The minimum atomic E-state index is -4.22. The number of nitrogen functional groups attached to an aromatic ring is 1. The highest BCUT2D eigenvalue weighted by Gasteiger charge is 2.27. The predicted molar refractivity (Wildman–Crippen MR) is 64.5 cm³/mol. The average molecular weight is 277 g/mol. The first-order valence-electron chi connectivity index (χ1n) is 5.48. The molecule has 1 aromatic rings. The van der Waals surface area contributed by atoms with E-state index in [0.717, 1.165) is 0 Å². The summed E-state index contributed by atoms with van der Waals surface area (Å²) in [4.78, 5) is 11.5. The number of rotatable bonds is 5. The van der Waals surface area contributed by atoms with Crippen molar-refractivity contribution in [2.45, 2.75) is 19.1 Å². The Bertz CT molecular complexity index is 463. The largest absolute Gasteiger partial charge is 0.393 e. The van der Waals surface area contributed by atoms with Crippen molar-refractivity contribution in [3.05, 3.63) is 33.9 Å². The Balaban J connectivity index is 2.72. The summed E-state index contributed by atoms with van der Waals surface area (Å²) in [7, 11) is 1.50. The number of hydrogen-bond donors (Lipinski definition) is 1. The van der Waals surface area contributed by atoms with Gasteiger partial charge in [-0.25, -0.2) is 0 Å². The van der Waals surface area contributed by atoms with E-state index in [1.807, 2.05) is 0 Å². The van der Waals surface area contributed by atoms with Crippen LogP contribution in [0.5, 0.6) is 0 Å². The van der Waals surface area contributed by atoms with E-state index < -0.39 is 17.5 Å².